The summed E-state index contributed by atoms with van der Waals surface area (Å²) >= 11 is 0. The Morgan fingerprint density at radius 2 is 2.46 bits per heavy atom. The van der Waals surface area contributed by atoms with Crippen LogP contribution in [0, 0.1) is 11.3 Å². The number of carbonyl (C=O) groups excluding carboxylic acids is 1. The number of nitrogens with zero attached hydrogens (tertiary/aromatic N) is 1. The van der Waals surface area contributed by atoms with Crippen molar-refractivity contribution in [3.63, 3.8) is 0 Å². The van der Waals surface area contributed by atoms with E-state index in [-0.39, 0.29) is 5.97 Å². The van der Waals surface area contributed by atoms with Crippen LogP contribution in [-0.4, -0.2) is 12.1 Å². The Hall–Kier alpha value is -1.30. The Kier molecular flexibility index (Phi) is 3.51. The van der Waals surface area contributed by atoms with Crippen LogP contribution in [-0.2, 0) is 9.53 Å². The van der Waals surface area contributed by atoms with Gasteiger partial charge in [0.15, 0.2) is 6.10 Å². The molecular formula is C10H13NO2. The van der Waals surface area contributed by atoms with E-state index in [9.17, 15) is 4.79 Å². The summed E-state index contributed by atoms with van der Waals surface area (Å²) in [5.74, 6) is -0.325. The third-order valence-corrected chi connectivity index (χ3v) is 2.02. The van der Waals surface area contributed by atoms with Gasteiger partial charge < -0.3 is 4.74 Å². The van der Waals surface area contributed by atoms with Crippen LogP contribution in [0.2, 0.25) is 0 Å². The van der Waals surface area contributed by atoms with Gasteiger partial charge in [-0.05, 0) is 32.6 Å². The molecule has 1 aliphatic rings. The van der Waals surface area contributed by atoms with Gasteiger partial charge in [-0.2, -0.15) is 5.26 Å². The predicted molar refractivity (Wildman–Crippen MR) is 47.7 cm³/mol. The summed E-state index contributed by atoms with van der Waals surface area (Å²) in [5.41, 5.74) is 0.730. The summed E-state index contributed by atoms with van der Waals surface area (Å²) in [6.07, 6.45) is 5.19. The summed E-state index contributed by atoms with van der Waals surface area (Å²) in [4.78, 5) is 11.3. The Morgan fingerprint density at radius 1 is 1.69 bits per heavy atom. The lowest BCUT2D eigenvalue weighted by molar-refractivity contribution is -0.141. The van der Waals surface area contributed by atoms with Crippen molar-refractivity contribution in [3.05, 3.63) is 11.6 Å². The van der Waals surface area contributed by atoms with Crippen LogP contribution in [0.25, 0.3) is 0 Å². The molecule has 0 aromatic carbocycles. The van der Waals surface area contributed by atoms with Crippen molar-refractivity contribution in [1.82, 2.24) is 0 Å². The Bertz CT molecular complexity index is 263. The topological polar surface area (TPSA) is 50.1 Å². The zero-order valence-corrected chi connectivity index (χ0v) is 7.75. The molecule has 0 saturated carbocycles. The van der Waals surface area contributed by atoms with Crippen LogP contribution in [0.1, 0.15) is 32.6 Å². The van der Waals surface area contributed by atoms with Gasteiger partial charge in [-0.3, -0.25) is 0 Å². The first kappa shape index (κ1) is 9.79. The molecule has 70 valence electrons. The molecule has 3 nitrogen and oxygen atoms in total. The maximum atomic E-state index is 11.3. The number of esters is 1. The second-order valence-corrected chi connectivity index (χ2v) is 3.15. The largest absolute Gasteiger partial charge is 0.444 e. The molecule has 0 fully saturated rings. The van der Waals surface area contributed by atoms with E-state index < -0.39 is 6.10 Å². The maximum absolute atomic E-state index is 11.3. The molecule has 0 aromatic heterocycles. The van der Waals surface area contributed by atoms with Crippen LogP contribution in [0.4, 0.5) is 0 Å². The number of ether oxygens (including phenoxy) is 1. The molecular weight excluding hydrogens is 166 g/mol. The fourth-order valence-corrected chi connectivity index (χ4v) is 1.29. The van der Waals surface area contributed by atoms with Crippen molar-refractivity contribution in [3.8, 4) is 6.07 Å². The molecule has 0 bridgehead atoms. The van der Waals surface area contributed by atoms with Gasteiger partial charge in [0.2, 0.25) is 0 Å². The second kappa shape index (κ2) is 4.66. The number of hydrogen-bond acceptors (Lipinski definition) is 3. The summed E-state index contributed by atoms with van der Waals surface area (Å²) in [6, 6.07) is 1.86. The fourth-order valence-electron chi connectivity index (χ4n) is 1.29. The van der Waals surface area contributed by atoms with E-state index in [2.05, 4.69) is 0 Å². The third kappa shape index (κ3) is 2.90. The minimum Gasteiger partial charge on any atom is -0.444 e. The molecule has 3 heteroatoms. The van der Waals surface area contributed by atoms with Crippen molar-refractivity contribution < 1.29 is 9.53 Å². The molecule has 1 unspecified atom stereocenters. The molecule has 0 saturated heterocycles. The number of nitriles is 1. The van der Waals surface area contributed by atoms with E-state index in [0.29, 0.717) is 0 Å². The van der Waals surface area contributed by atoms with Gasteiger partial charge >= 0.3 is 5.97 Å². The normalized spacial score (nSPS) is 18.3. The molecule has 0 heterocycles. The molecule has 1 aliphatic carbocycles. The molecule has 0 amide bonds. The first-order valence-electron chi connectivity index (χ1n) is 4.53. The first-order valence-corrected chi connectivity index (χ1v) is 4.53. The highest BCUT2D eigenvalue weighted by Crippen LogP contribution is 2.18. The Morgan fingerprint density at radius 3 is 3.00 bits per heavy atom. The molecule has 0 aliphatic heterocycles. The first-order chi connectivity index (χ1) is 6.24. The van der Waals surface area contributed by atoms with Crippen molar-refractivity contribution in [1.29, 1.82) is 5.26 Å². The molecule has 0 N–H and O–H groups in total. The van der Waals surface area contributed by atoms with Gasteiger partial charge in [-0.1, -0.05) is 6.08 Å². The van der Waals surface area contributed by atoms with Gasteiger partial charge in [-0.25, -0.2) is 4.79 Å². The van der Waals surface area contributed by atoms with Crippen molar-refractivity contribution in [2.24, 2.45) is 0 Å². The van der Waals surface area contributed by atoms with Crippen LogP contribution < -0.4 is 0 Å². The minimum atomic E-state index is -0.643. The molecule has 1 atom stereocenters. The maximum Gasteiger partial charge on any atom is 0.334 e. The number of hydrogen-bond donors (Lipinski definition) is 0. The Labute approximate surface area is 78.0 Å². The third-order valence-electron chi connectivity index (χ3n) is 2.02. The van der Waals surface area contributed by atoms with Gasteiger partial charge in [0, 0.05) is 5.57 Å². The van der Waals surface area contributed by atoms with E-state index in [1.165, 1.54) is 0 Å². The monoisotopic (exact) mass is 179 g/mol. The summed E-state index contributed by atoms with van der Waals surface area (Å²) in [7, 11) is 0. The van der Waals surface area contributed by atoms with Gasteiger partial charge in [0.25, 0.3) is 0 Å². The molecule has 13 heavy (non-hydrogen) atoms. The molecule has 0 radical (unpaired) electrons. The van der Waals surface area contributed by atoms with Gasteiger partial charge in [-0.15, -0.1) is 0 Å². The van der Waals surface area contributed by atoms with Gasteiger partial charge in [0.1, 0.15) is 6.07 Å². The van der Waals surface area contributed by atoms with Crippen molar-refractivity contribution in [2.45, 2.75) is 38.7 Å². The SMILES string of the molecule is CC(C#N)OC(=O)C1=CCCCC1. The number of allylic oxidation sites excluding steroid dienone is 1. The van der Waals surface area contributed by atoms with E-state index in [4.69, 9.17) is 10.00 Å². The lowest BCUT2D eigenvalue weighted by Crippen LogP contribution is -2.16. The highest BCUT2D eigenvalue weighted by Gasteiger charge is 2.15. The van der Waals surface area contributed by atoms with Crippen molar-refractivity contribution >= 4 is 5.97 Å². The van der Waals surface area contributed by atoms with Crippen LogP contribution in [0.5, 0.6) is 0 Å². The second-order valence-electron chi connectivity index (χ2n) is 3.15. The minimum absolute atomic E-state index is 0.325. The molecule has 1 rings (SSSR count). The van der Waals surface area contributed by atoms with E-state index in [1.54, 1.807) is 6.92 Å². The zero-order chi connectivity index (χ0) is 9.68. The average Bonchev–Trinajstić information content (AvgIpc) is 2.19. The van der Waals surface area contributed by atoms with Gasteiger partial charge in [0.05, 0.1) is 0 Å². The van der Waals surface area contributed by atoms with Crippen LogP contribution in [0.3, 0.4) is 0 Å². The van der Waals surface area contributed by atoms with E-state index >= 15 is 0 Å². The predicted octanol–water partition coefficient (Wildman–Crippen LogP) is 1.94. The average molecular weight is 179 g/mol. The highest BCUT2D eigenvalue weighted by molar-refractivity contribution is 5.88. The van der Waals surface area contributed by atoms with Crippen LogP contribution in [0.15, 0.2) is 11.6 Å². The van der Waals surface area contributed by atoms with E-state index in [0.717, 1.165) is 31.3 Å². The van der Waals surface area contributed by atoms with Crippen molar-refractivity contribution in [2.75, 3.05) is 0 Å². The quantitative estimate of drug-likeness (QED) is 0.609. The smallest absolute Gasteiger partial charge is 0.334 e. The fraction of sp³-hybridized carbons (Fsp3) is 0.600. The highest BCUT2D eigenvalue weighted by atomic mass is 16.5. The van der Waals surface area contributed by atoms with E-state index in [1.807, 2.05) is 12.1 Å². The number of carbonyl (C=O) groups is 1. The molecule has 0 aromatic rings. The molecule has 0 spiro atoms. The summed E-state index contributed by atoms with van der Waals surface area (Å²) < 4.78 is 4.87. The summed E-state index contributed by atoms with van der Waals surface area (Å²) in [5, 5.41) is 8.44. The standard InChI is InChI=1S/C10H13NO2/c1-8(7-11)13-10(12)9-5-3-2-4-6-9/h5,8H,2-4,6H2,1H3. The summed E-state index contributed by atoms with van der Waals surface area (Å²) in [6.45, 7) is 1.57. The Balaban J connectivity index is 2.48. The lowest BCUT2D eigenvalue weighted by Gasteiger charge is -2.12. The number of rotatable bonds is 2. The lowest BCUT2D eigenvalue weighted by atomic mass is 10.00. The van der Waals surface area contributed by atoms with Crippen LogP contribution >= 0.6 is 0 Å². The zero-order valence-electron chi connectivity index (χ0n) is 7.75.